The number of nitrogens with one attached hydrogen (secondary N) is 1. The molecule has 3 aromatic heterocycles. The molecular weight excluding hydrogens is 291 g/mol. The molecule has 4 rings (SSSR count). The molecule has 0 fully saturated rings. The lowest BCUT2D eigenvalue weighted by atomic mass is 10.2. The lowest BCUT2D eigenvalue weighted by Gasteiger charge is -2.08. The van der Waals surface area contributed by atoms with Crippen LogP contribution in [0.5, 0.6) is 0 Å². The highest BCUT2D eigenvalue weighted by molar-refractivity contribution is 5.85. The molecule has 23 heavy (non-hydrogen) atoms. The number of rotatable bonds is 2. The average Bonchev–Trinajstić information content (AvgIpc) is 3.15. The van der Waals surface area contributed by atoms with Crippen LogP contribution in [0.2, 0.25) is 0 Å². The topological polar surface area (TPSA) is 46.5 Å². The zero-order valence-electron chi connectivity index (χ0n) is 12.8. The van der Waals surface area contributed by atoms with Gasteiger partial charge in [0, 0.05) is 23.8 Å². The Kier molecular flexibility index (Phi) is 3.01. The molecule has 5 heteroatoms. The molecule has 114 valence electrons. The highest BCUT2D eigenvalue weighted by atomic mass is 19.1. The van der Waals surface area contributed by atoms with E-state index in [0.717, 1.165) is 33.7 Å². The van der Waals surface area contributed by atoms with Gasteiger partial charge in [-0.1, -0.05) is 0 Å². The predicted octanol–water partition coefficient (Wildman–Crippen LogP) is 4.17. The zero-order chi connectivity index (χ0) is 16.0. The first-order chi connectivity index (χ1) is 11.1. The van der Waals surface area contributed by atoms with E-state index in [1.54, 1.807) is 12.1 Å². The van der Waals surface area contributed by atoms with Crippen LogP contribution in [0.4, 0.5) is 4.39 Å². The number of fused-ring (bicyclic) bond motifs is 1. The van der Waals surface area contributed by atoms with E-state index < -0.39 is 0 Å². The van der Waals surface area contributed by atoms with Crippen molar-refractivity contribution in [2.45, 2.75) is 13.8 Å². The molecule has 0 spiro atoms. The highest BCUT2D eigenvalue weighted by Crippen LogP contribution is 2.26. The second-order valence-corrected chi connectivity index (χ2v) is 5.59. The third kappa shape index (κ3) is 2.30. The summed E-state index contributed by atoms with van der Waals surface area (Å²) in [6, 6.07) is 10.6. The molecule has 0 saturated heterocycles. The summed E-state index contributed by atoms with van der Waals surface area (Å²) in [4.78, 5) is 12.2. The molecule has 0 aliphatic carbocycles. The minimum Gasteiger partial charge on any atom is -0.360 e. The lowest BCUT2D eigenvalue weighted by Crippen LogP contribution is -2.01. The largest absolute Gasteiger partial charge is 0.360 e. The molecule has 0 saturated carbocycles. The summed E-state index contributed by atoms with van der Waals surface area (Å²) in [5.74, 6) is 1.23. The van der Waals surface area contributed by atoms with Crippen LogP contribution in [0.15, 0.2) is 48.8 Å². The number of aromatic amines is 1. The Balaban J connectivity index is 1.95. The standard InChI is InChI=1S/C18H15FN4/c1-11-10-23(17-6-5-13(19)8-14(11)17)18-9-16(21-12(2)22-18)15-4-3-7-20-15/h3-10,20H,1-2H3. The first-order valence-corrected chi connectivity index (χ1v) is 7.39. The molecule has 0 aliphatic rings. The van der Waals surface area contributed by atoms with E-state index in [1.807, 2.05) is 49.0 Å². The van der Waals surface area contributed by atoms with Gasteiger partial charge in [-0.3, -0.25) is 0 Å². The summed E-state index contributed by atoms with van der Waals surface area (Å²) in [5, 5.41) is 0.891. The molecule has 1 aromatic carbocycles. The number of benzene rings is 1. The Morgan fingerprint density at radius 3 is 2.74 bits per heavy atom. The molecule has 0 aliphatic heterocycles. The number of aryl methyl sites for hydroxylation is 2. The van der Waals surface area contributed by atoms with Crippen LogP contribution in [-0.2, 0) is 0 Å². The van der Waals surface area contributed by atoms with Crippen molar-refractivity contribution in [3.63, 3.8) is 0 Å². The van der Waals surface area contributed by atoms with E-state index in [-0.39, 0.29) is 5.82 Å². The maximum atomic E-state index is 13.5. The molecule has 0 amide bonds. The molecule has 0 bridgehead atoms. The van der Waals surface area contributed by atoms with Gasteiger partial charge in [-0.05, 0) is 49.7 Å². The third-order valence-electron chi connectivity index (χ3n) is 3.91. The van der Waals surface area contributed by atoms with E-state index >= 15 is 0 Å². The highest BCUT2D eigenvalue weighted by Gasteiger charge is 2.11. The first-order valence-electron chi connectivity index (χ1n) is 7.39. The van der Waals surface area contributed by atoms with Gasteiger partial charge in [-0.15, -0.1) is 0 Å². The summed E-state index contributed by atoms with van der Waals surface area (Å²) in [6.45, 7) is 3.84. The summed E-state index contributed by atoms with van der Waals surface area (Å²) < 4.78 is 15.5. The van der Waals surface area contributed by atoms with Gasteiger partial charge in [-0.2, -0.15) is 0 Å². The van der Waals surface area contributed by atoms with Gasteiger partial charge in [0.1, 0.15) is 17.5 Å². The third-order valence-corrected chi connectivity index (χ3v) is 3.91. The van der Waals surface area contributed by atoms with Gasteiger partial charge in [-0.25, -0.2) is 14.4 Å². The van der Waals surface area contributed by atoms with Crippen molar-refractivity contribution in [3.05, 3.63) is 66.0 Å². The van der Waals surface area contributed by atoms with Gasteiger partial charge >= 0.3 is 0 Å². The minimum absolute atomic E-state index is 0.232. The van der Waals surface area contributed by atoms with Gasteiger partial charge in [0.15, 0.2) is 0 Å². The van der Waals surface area contributed by atoms with Gasteiger partial charge in [0.05, 0.1) is 16.9 Å². The Bertz CT molecular complexity index is 999. The Morgan fingerprint density at radius 1 is 1.09 bits per heavy atom. The zero-order valence-corrected chi connectivity index (χ0v) is 12.8. The average molecular weight is 306 g/mol. The van der Waals surface area contributed by atoms with Crippen molar-refractivity contribution in [1.82, 2.24) is 19.5 Å². The maximum absolute atomic E-state index is 13.5. The van der Waals surface area contributed by atoms with Crippen LogP contribution < -0.4 is 0 Å². The van der Waals surface area contributed by atoms with Gasteiger partial charge in [0.25, 0.3) is 0 Å². The monoisotopic (exact) mass is 306 g/mol. The second kappa shape index (κ2) is 5.05. The van der Waals surface area contributed by atoms with Crippen LogP contribution in [0, 0.1) is 19.7 Å². The molecule has 3 heterocycles. The number of hydrogen-bond donors (Lipinski definition) is 1. The molecule has 0 radical (unpaired) electrons. The number of halogens is 1. The molecule has 0 atom stereocenters. The number of aromatic nitrogens is 4. The summed E-state index contributed by atoms with van der Waals surface area (Å²) in [7, 11) is 0. The fraction of sp³-hybridized carbons (Fsp3) is 0.111. The van der Waals surface area contributed by atoms with Crippen molar-refractivity contribution in [2.24, 2.45) is 0 Å². The smallest absolute Gasteiger partial charge is 0.141 e. The predicted molar refractivity (Wildman–Crippen MR) is 88.1 cm³/mol. The molecule has 4 nitrogen and oxygen atoms in total. The van der Waals surface area contributed by atoms with Gasteiger partial charge < -0.3 is 9.55 Å². The molecule has 4 aromatic rings. The van der Waals surface area contributed by atoms with Crippen molar-refractivity contribution >= 4 is 10.9 Å². The van der Waals surface area contributed by atoms with Crippen molar-refractivity contribution in [3.8, 4) is 17.2 Å². The van der Waals surface area contributed by atoms with Crippen molar-refractivity contribution in [1.29, 1.82) is 0 Å². The van der Waals surface area contributed by atoms with Crippen LogP contribution in [0.1, 0.15) is 11.4 Å². The quantitative estimate of drug-likeness (QED) is 0.604. The van der Waals surface area contributed by atoms with E-state index in [9.17, 15) is 4.39 Å². The van der Waals surface area contributed by atoms with Crippen LogP contribution in [0.25, 0.3) is 28.1 Å². The summed E-state index contributed by atoms with van der Waals surface area (Å²) in [6.07, 6.45) is 3.84. The first kappa shape index (κ1) is 13.7. The van der Waals surface area contributed by atoms with Crippen molar-refractivity contribution < 1.29 is 4.39 Å². The van der Waals surface area contributed by atoms with E-state index in [0.29, 0.717) is 5.82 Å². The van der Waals surface area contributed by atoms with Crippen molar-refractivity contribution in [2.75, 3.05) is 0 Å². The van der Waals surface area contributed by atoms with Crippen LogP contribution in [0.3, 0.4) is 0 Å². The van der Waals surface area contributed by atoms with Gasteiger partial charge in [0.2, 0.25) is 0 Å². The fourth-order valence-corrected chi connectivity index (χ4v) is 2.86. The Hall–Kier alpha value is -2.95. The normalized spacial score (nSPS) is 11.3. The number of hydrogen-bond acceptors (Lipinski definition) is 2. The summed E-state index contributed by atoms with van der Waals surface area (Å²) in [5.41, 5.74) is 3.71. The number of H-pyrrole nitrogens is 1. The van der Waals surface area contributed by atoms with E-state index in [2.05, 4.69) is 15.0 Å². The second-order valence-electron chi connectivity index (χ2n) is 5.59. The summed E-state index contributed by atoms with van der Waals surface area (Å²) >= 11 is 0. The van der Waals surface area contributed by atoms with E-state index in [4.69, 9.17) is 0 Å². The fourth-order valence-electron chi connectivity index (χ4n) is 2.86. The maximum Gasteiger partial charge on any atom is 0.141 e. The number of nitrogens with zero attached hydrogens (tertiary/aromatic N) is 3. The Labute approximate surface area is 132 Å². The minimum atomic E-state index is -0.232. The van der Waals surface area contributed by atoms with E-state index in [1.165, 1.54) is 6.07 Å². The van der Waals surface area contributed by atoms with Crippen LogP contribution >= 0.6 is 0 Å². The molecular formula is C18H15FN4. The van der Waals surface area contributed by atoms with Crippen LogP contribution in [-0.4, -0.2) is 19.5 Å². The SMILES string of the molecule is Cc1nc(-c2ccc[nH]2)cc(-n2cc(C)c3cc(F)ccc32)n1. The molecule has 1 N–H and O–H groups in total. The molecule has 0 unspecified atom stereocenters. The lowest BCUT2D eigenvalue weighted by molar-refractivity contribution is 0.629. The Morgan fingerprint density at radius 2 is 1.96 bits per heavy atom.